The molecule has 3 aromatic carbocycles. The van der Waals surface area contributed by atoms with E-state index in [0.717, 1.165) is 5.56 Å². The molecule has 0 saturated carbocycles. The molecule has 0 bridgehead atoms. The normalized spacial score (nSPS) is 10.3. The fourth-order valence-corrected chi connectivity index (χ4v) is 2.98. The lowest BCUT2D eigenvalue weighted by Gasteiger charge is -2.23. The van der Waals surface area contributed by atoms with Gasteiger partial charge in [-0.2, -0.15) is 0 Å². The molecular weight excluding hydrogens is 384 g/mol. The number of para-hydroxylation sites is 2. The molecule has 152 valence electrons. The fourth-order valence-electron chi connectivity index (χ4n) is 2.98. The van der Waals surface area contributed by atoms with Crippen LogP contribution in [0.15, 0.2) is 78.9 Å². The molecule has 0 unspecified atom stereocenters. The van der Waals surface area contributed by atoms with Crippen LogP contribution < -0.4 is 11.1 Å². The number of primary amides is 1. The van der Waals surface area contributed by atoms with Crippen LogP contribution in [0.2, 0.25) is 0 Å². The molecule has 0 radical (unpaired) electrons. The molecule has 0 aliphatic carbocycles. The summed E-state index contributed by atoms with van der Waals surface area (Å²) in [7, 11) is 0. The summed E-state index contributed by atoms with van der Waals surface area (Å²) >= 11 is 0. The zero-order valence-corrected chi connectivity index (χ0v) is 16.0. The van der Waals surface area contributed by atoms with E-state index in [1.165, 1.54) is 23.1 Å². The van der Waals surface area contributed by atoms with Crippen molar-refractivity contribution in [1.82, 2.24) is 4.90 Å². The Labute approximate surface area is 173 Å². The second kappa shape index (κ2) is 9.33. The SMILES string of the molecule is NC(=O)c1cccc(CN(Cc2ccccc2)C(=O)Nc2ccccc2[N+](=O)[O-])c1. The first kappa shape index (κ1) is 20.5. The molecule has 0 aliphatic rings. The van der Waals surface area contributed by atoms with E-state index >= 15 is 0 Å². The molecule has 0 spiro atoms. The number of carbonyl (C=O) groups excluding carboxylic acids is 2. The molecule has 0 fully saturated rings. The number of urea groups is 1. The van der Waals surface area contributed by atoms with Gasteiger partial charge in [0.05, 0.1) is 4.92 Å². The van der Waals surface area contributed by atoms with Crippen LogP contribution in [-0.4, -0.2) is 21.8 Å². The summed E-state index contributed by atoms with van der Waals surface area (Å²) in [6.45, 7) is 0.455. The van der Waals surface area contributed by atoms with Crippen molar-refractivity contribution in [2.75, 3.05) is 5.32 Å². The second-order valence-corrected chi connectivity index (χ2v) is 6.61. The van der Waals surface area contributed by atoms with Gasteiger partial charge in [0.25, 0.3) is 5.69 Å². The Balaban J connectivity index is 1.87. The van der Waals surface area contributed by atoms with Crippen molar-refractivity contribution in [1.29, 1.82) is 0 Å². The maximum atomic E-state index is 13.0. The third kappa shape index (κ3) is 5.20. The van der Waals surface area contributed by atoms with Crippen molar-refractivity contribution in [3.05, 3.63) is 106 Å². The molecule has 30 heavy (non-hydrogen) atoms. The molecule has 0 heterocycles. The van der Waals surface area contributed by atoms with E-state index in [0.29, 0.717) is 11.1 Å². The van der Waals surface area contributed by atoms with Crippen LogP contribution in [0.25, 0.3) is 0 Å². The van der Waals surface area contributed by atoms with E-state index in [9.17, 15) is 19.7 Å². The Morgan fingerprint density at radius 2 is 1.53 bits per heavy atom. The molecule has 3 N–H and O–H groups in total. The molecule has 0 saturated heterocycles. The summed E-state index contributed by atoms with van der Waals surface area (Å²) in [5.41, 5.74) is 7.20. The Morgan fingerprint density at radius 3 is 2.23 bits per heavy atom. The van der Waals surface area contributed by atoms with Crippen molar-refractivity contribution >= 4 is 23.3 Å². The Morgan fingerprint density at radius 1 is 0.900 bits per heavy atom. The first-order valence-electron chi connectivity index (χ1n) is 9.16. The van der Waals surface area contributed by atoms with Crippen molar-refractivity contribution in [2.24, 2.45) is 5.73 Å². The van der Waals surface area contributed by atoms with Crippen LogP contribution in [-0.2, 0) is 13.1 Å². The summed E-state index contributed by atoms with van der Waals surface area (Å²) in [6, 6.07) is 21.5. The highest BCUT2D eigenvalue weighted by Crippen LogP contribution is 2.24. The molecule has 0 aromatic heterocycles. The molecule has 3 rings (SSSR count). The number of hydrogen-bond acceptors (Lipinski definition) is 4. The lowest BCUT2D eigenvalue weighted by molar-refractivity contribution is -0.383. The number of nitro groups is 1. The Kier molecular flexibility index (Phi) is 6.39. The number of rotatable bonds is 7. The van der Waals surface area contributed by atoms with Crippen LogP contribution in [0, 0.1) is 10.1 Å². The number of hydrogen-bond donors (Lipinski definition) is 2. The van der Waals surface area contributed by atoms with E-state index in [1.807, 2.05) is 30.3 Å². The maximum absolute atomic E-state index is 13.0. The van der Waals surface area contributed by atoms with Crippen LogP contribution in [0.3, 0.4) is 0 Å². The average molecular weight is 404 g/mol. The summed E-state index contributed by atoms with van der Waals surface area (Å²) < 4.78 is 0. The Bertz CT molecular complexity index is 1070. The number of nitro benzene ring substituents is 1. The van der Waals surface area contributed by atoms with Crippen molar-refractivity contribution in [3.8, 4) is 0 Å². The van der Waals surface area contributed by atoms with E-state index in [-0.39, 0.29) is 24.5 Å². The highest BCUT2D eigenvalue weighted by atomic mass is 16.6. The zero-order valence-electron chi connectivity index (χ0n) is 16.0. The topological polar surface area (TPSA) is 119 Å². The monoisotopic (exact) mass is 404 g/mol. The molecule has 0 atom stereocenters. The van der Waals surface area contributed by atoms with Gasteiger partial charge in [0.2, 0.25) is 5.91 Å². The highest BCUT2D eigenvalue weighted by Gasteiger charge is 2.20. The van der Waals surface area contributed by atoms with Crippen LogP contribution in [0.1, 0.15) is 21.5 Å². The predicted molar refractivity (Wildman–Crippen MR) is 113 cm³/mol. The third-order valence-electron chi connectivity index (χ3n) is 4.43. The Hall–Kier alpha value is -4.20. The van der Waals surface area contributed by atoms with Gasteiger partial charge in [0, 0.05) is 24.7 Å². The van der Waals surface area contributed by atoms with Gasteiger partial charge in [-0.25, -0.2) is 4.79 Å². The van der Waals surface area contributed by atoms with Crippen molar-refractivity contribution in [2.45, 2.75) is 13.1 Å². The number of nitrogens with zero attached hydrogens (tertiary/aromatic N) is 2. The minimum absolute atomic E-state index is 0.108. The first-order chi connectivity index (χ1) is 14.4. The van der Waals surface area contributed by atoms with E-state index in [2.05, 4.69) is 5.32 Å². The molecular formula is C22H20N4O4. The smallest absolute Gasteiger partial charge is 0.322 e. The average Bonchev–Trinajstić information content (AvgIpc) is 2.74. The minimum Gasteiger partial charge on any atom is -0.366 e. The number of benzene rings is 3. The summed E-state index contributed by atoms with van der Waals surface area (Å²) in [5, 5.41) is 13.9. The van der Waals surface area contributed by atoms with Gasteiger partial charge in [-0.05, 0) is 29.3 Å². The summed E-state index contributed by atoms with van der Waals surface area (Å²) in [4.78, 5) is 36.7. The van der Waals surface area contributed by atoms with Gasteiger partial charge in [-0.15, -0.1) is 0 Å². The van der Waals surface area contributed by atoms with Gasteiger partial charge >= 0.3 is 6.03 Å². The number of nitrogens with two attached hydrogens (primary N) is 1. The lowest BCUT2D eigenvalue weighted by Crippen LogP contribution is -2.34. The van der Waals surface area contributed by atoms with Gasteiger partial charge in [-0.3, -0.25) is 14.9 Å². The van der Waals surface area contributed by atoms with Crippen LogP contribution in [0.5, 0.6) is 0 Å². The maximum Gasteiger partial charge on any atom is 0.322 e. The van der Waals surface area contributed by atoms with Crippen molar-refractivity contribution in [3.63, 3.8) is 0 Å². The third-order valence-corrected chi connectivity index (χ3v) is 4.43. The number of carbonyl (C=O) groups is 2. The molecule has 0 aliphatic heterocycles. The zero-order chi connectivity index (χ0) is 21.5. The van der Waals surface area contributed by atoms with Gasteiger partial charge in [0.1, 0.15) is 5.69 Å². The number of nitrogens with one attached hydrogen (secondary N) is 1. The van der Waals surface area contributed by atoms with Crippen LogP contribution >= 0.6 is 0 Å². The molecule has 8 heteroatoms. The van der Waals surface area contributed by atoms with Gasteiger partial charge in [-0.1, -0.05) is 54.6 Å². The minimum atomic E-state index is -0.559. The molecule has 3 aromatic rings. The largest absolute Gasteiger partial charge is 0.366 e. The first-order valence-corrected chi connectivity index (χ1v) is 9.16. The van der Waals surface area contributed by atoms with E-state index in [4.69, 9.17) is 5.73 Å². The summed E-state index contributed by atoms with van der Waals surface area (Å²) in [5.74, 6) is -0.559. The highest BCUT2D eigenvalue weighted by molar-refractivity contribution is 5.93. The predicted octanol–water partition coefficient (Wildman–Crippen LogP) is 3.93. The number of amides is 3. The standard InChI is InChI=1S/C22H20N4O4/c23-21(27)18-10-6-9-17(13-18)15-25(14-16-7-2-1-3-8-16)22(28)24-19-11-4-5-12-20(19)26(29)30/h1-13H,14-15H2,(H2,23,27)(H,24,28). The van der Waals surface area contributed by atoms with E-state index < -0.39 is 16.9 Å². The number of anilines is 1. The van der Waals surface area contributed by atoms with Crippen LogP contribution in [0.4, 0.5) is 16.2 Å². The van der Waals surface area contributed by atoms with Crippen molar-refractivity contribution < 1.29 is 14.5 Å². The fraction of sp³-hybridized carbons (Fsp3) is 0.0909. The molecule has 8 nitrogen and oxygen atoms in total. The van der Waals surface area contributed by atoms with E-state index in [1.54, 1.807) is 30.3 Å². The van der Waals surface area contributed by atoms with Gasteiger partial charge < -0.3 is 16.0 Å². The quantitative estimate of drug-likeness (QED) is 0.458. The molecule has 3 amide bonds. The second-order valence-electron chi connectivity index (χ2n) is 6.61. The summed E-state index contributed by atoms with van der Waals surface area (Å²) in [6.07, 6.45) is 0. The van der Waals surface area contributed by atoms with Gasteiger partial charge in [0.15, 0.2) is 0 Å². The lowest BCUT2D eigenvalue weighted by atomic mass is 10.1.